The Labute approximate surface area is 229 Å². The largest absolute Gasteiger partial charge is 0.512 e. The van der Waals surface area contributed by atoms with E-state index in [0.29, 0.717) is 37.5 Å². The molecule has 39 heavy (non-hydrogen) atoms. The molecule has 0 aromatic carbocycles. The molecule has 2 aliphatic rings. The highest BCUT2D eigenvalue weighted by molar-refractivity contribution is 5.90. The highest BCUT2D eigenvalue weighted by Crippen LogP contribution is 2.46. The predicted molar refractivity (Wildman–Crippen MR) is 147 cm³/mol. The smallest absolute Gasteiger partial charge is 0.338 e. The molecule has 208 valence electrons. The molecule has 0 bridgehead atoms. The van der Waals surface area contributed by atoms with E-state index in [4.69, 9.17) is 9.47 Å². The van der Waals surface area contributed by atoms with E-state index in [1.54, 1.807) is 4.52 Å². The molecule has 0 saturated heterocycles. The van der Waals surface area contributed by atoms with Crippen LogP contribution in [0.15, 0.2) is 29.7 Å². The lowest BCUT2D eigenvalue weighted by molar-refractivity contribution is -0.167. The first-order valence-corrected chi connectivity index (χ1v) is 14.3. The number of esters is 1. The van der Waals surface area contributed by atoms with Crippen molar-refractivity contribution < 1.29 is 19.4 Å². The molecular formula is C30H39N5O4. The van der Waals surface area contributed by atoms with Crippen LogP contribution >= 0.6 is 0 Å². The summed E-state index contributed by atoms with van der Waals surface area (Å²) >= 11 is 0. The van der Waals surface area contributed by atoms with Crippen LogP contribution in [0.25, 0.3) is 5.78 Å². The van der Waals surface area contributed by atoms with Gasteiger partial charge in [-0.1, -0.05) is 26.7 Å². The van der Waals surface area contributed by atoms with Crippen LogP contribution in [0.2, 0.25) is 0 Å². The van der Waals surface area contributed by atoms with E-state index in [1.807, 2.05) is 26.1 Å². The van der Waals surface area contributed by atoms with Crippen molar-refractivity contribution >= 4 is 11.7 Å². The number of aryl methyl sites for hydroxylation is 4. The minimum Gasteiger partial charge on any atom is -0.512 e. The third-order valence-corrected chi connectivity index (χ3v) is 8.10. The Morgan fingerprint density at radius 2 is 1.97 bits per heavy atom. The Morgan fingerprint density at radius 1 is 1.18 bits per heavy atom. The van der Waals surface area contributed by atoms with Crippen LogP contribution in [0.1, 0.15) is 87.3 Å². The van der Waals surface area contributed by atoms with Gasteiger partial charge in [-0.05, 0) is 76.0 Å². The van der Waals surface area contributed by atoms with Gasteiger partial charge in [0.25, 0.3) is 5.78 Å². The number of fused-ring (bicyclic) bond motifs is 1. The third-order valence-electron chi connectivity index (χ3n) is 8.10. The molecular weight excluding hydrogens is 494 g/mol. The fourth-order valence-electron chi connectivity index (χ4n) is 6.04. The first kappa shape index (κ1) is 27.1. The predicted octanol–water partition coefficient (Wildman–Crippen LogP) is 5.35. The van der Waals surface area contributed by atoms with Crippen LogP contribution in [0, 0.1) is 19.8 Å². The van der Waals surface area contributed by atoms with Crippen LogP contribution < -0.4 is 4.74 Å². The van der Waals surface area contributed by atoms with Crippen molar-refractivity contribution in [1.82, 2.24) is 24.6 Å². The second-order valence-corrected chi connectivity index (χ2v) is 11.0. The van der Waals surface area contributed by atoms with Crippen LogP contribution in [-0.2, 0) is 28.8 Å². The van der Waals surface area contributed by atoms with Crippen LogP contribution in [0.3, 0.4) is 0 Å². The van der Waals surface area contributed by atoms with Gasteiger partial charge < -0.3 is 14.6 Å². The summed E-state index contributed by atoms with van der Waals surface area (Å²) in [6.07, 6.45) is 9.47. The molecule has 1 N–H and O–H groups in total. The highest BCUT2D eigenvalue weighted by Gasteiger charge is 2.48. The van der Waals surface area contributed by atoms with Gasteiger partial charge in [0.2, 0.25) is 0 Å². The van der Waals surface area contributed by atoms with Gasteiger partial charge in [-0.15, -0.1) is 5.10 Å². The molecule has 1 aliphatic heterocycles. The van der Waals surface area contributed by atoms with E-state index in [0.717, 1.165) is 66.9 Å². The molecule has 0 radical (unpaired) electrons. The average Bonchev–Trinajstić information content (AvgIpc) is 3.59. The molecule has 0 spiro atoms. The summed E-state index contributed by atoms with van der Waals surface area (Å²) in [5, 5.41) is 15.8. The maximum absolute atomic E-state index is 13.5. The monoisotopic (exact) mass is 533 g/mol. The maximum Gasteiger partial charge on any atom is 0.338 e. The summed E-state index contributed by atoms with van der Waals surface area (Å²) < 4.78 is 14.0. The molecule has 1 aliphatic carbocycles. The fraction of sp³-hybridized carbons (Fsp3) is 0.567. The van der Waals surface area contributed by atoms with Gasteiger partial charge in [0, 0.05) is 29.9 Å². The molecule has 1 fully saturated rings. The number of carbonyl (C=O) groups is 1. The van der Waals surface area contributed by atoms with E-state index in [2.05, 4.69) is 40.0 Å². The Balaban J connectivity index is 1.41. The fourth-order valence-corrected chi connectivity index (χ4v) is 6.04. The number of carbonyl (C=O) groups excluding carboxylic acids is 1. The quantitative estimate of drug-likeness (QED) is 0.347. The zero-order chi connectivity index (χ0) is 27.6. The molecule has 1 atom stereocenters. The topological polar surface area (TPSA) is 112 Å². The molecule has 3 aromatic rings. The first-order chi connectivity index (χ1) is 18.8. The van der Waals surface area contributed by atoms with E-state index in [1.165, 1.54) is 0 Å². The number of pyridine rings is 1. The summed E-state index contributed by atoms with van der Waals surface area (Å²) in [7, 11) is 0. The Bertz CT molecular complexity index is 1390. The molecule has 9 nitrogen and oxygen atoms in total. The number of hydrogen-bond donors (Lipinski definition) is 1. The van der Waals surface area contributed by atoms with E-state index in [-0.39, 0.29) is 23.7 Å². The van der Waals surface area contributed by atoms with Crippen LogP contribution in [0.4, 0.5) is 0 Å². The summed E-state index contributed by atoms with van der Waals surface area (Å²) in [5.74, 6) is 1.53. The molecule has 1 saturated carbocycles. The Kier molecular flexibility index (Phi) is 7.86. The number of aromatic nitrogens is 5. The van der Waals surface area contributed by atoms with Gasteiger partial charge >= 0.3 is 5.97 Å². The standard InChI is InChI=1S/C30H39N5O4/c1-5-13-38-26-18-31-23(6-2)15-21(26)11-12-30(22-9-7-8-10-22)17-25(36)24(28(37)39-30)16-27-33-29-32-19(3)14-20(4)35(29)34-27/h14-15,18,22,36H,5-13,16-17H2,1-4H3. The van der Waals surface area contributed by atoms with Gasteiger partial charge in [0.1, 0.15) is 17.1 Å². The lowest BCUT2D eigenvalue weighted by Crippen LogP contribution is -2.46. The van der Waals surface area contributed by atoms with Crippen LogP contribution in [-0.4, -0.2) is 47.8 Å². The minimum absolute atomic E-state index is 0.0873. The van der Waals surface area contributed by atoms with Crippen molar-refractivity contribution in [3.63, 3.8) is 0 Å². The SMILES string of the molecule is CCCOc1cnc(CC)cc1CCC1(C2CCCC2)CC(O)=C(Cc2nc3nc(C)cc(C)n3n2)C(=O)O1. The lowest BCUT2D eigenvalue weighted by atomic mass is 9.76. The summed E-state index contributed by atoms with van der Waals surface area (Å²) in [6, 6.07) is 4.03. The van der Waals surface area contributed by atoms with Crippen molar-refractivity contribution in [2.24, 2.45) is 5.92 Å². The number of hydrogen-bond acceptors (Lipinski definition) is 8. The van der Waals surface area contributed by atoms with Crippen molar-refractivity contribution in [3.05, 3.63) is 58.1 Å². The average molecular weight is 534 g/mol. The molecule has 4 heterocycles. The second-order valence-electron chi connectivity index (χ2n) is 11.0. The molecule has 1 unspecified atom stereocenters. The number of aliphatic hydroxyl groups excluding tert-OH is 1. The van der Waals surface area contributed by atoms with Crippen molar-refractivity contribution in [3.8, 4) is 5.75 Å². The van der Waals surface area contributed by atoms with E-state index >= 15 is 0 Å². The third kappa shape index (κ3) is 5.63. The van der Waals surface area contributed by atoms with Crippen molar-refractivity contribution in [2.75, 3.05) is 6.61 Å². The second kappa shape index (κ2) is 11.3. The Morgan fingerprint density at radius 3 is 2.69 bits per heavy atom. The van der Waals surface area contributed by atoms with E-state index in [9.17, 15) is 9.90 Å². The van der Waals surface area contributed by atoms with Gasteiger partial charge in [0.05, 0.1) is 18.4 Å². The van der Waals surface area contributed by atoms with Crippen LogP contribution in [0.5, 0.6) is 5.75 Å². The zero-order valence-electron chi connectivity index (χ0n) is 23.5. The summed E-state index contributed by atoms with van der Waals surface area (Å²) in [5.41, 5.74) is 3.33. The van der Waals surface area contributed by atoms with Gasteiger partial charge in [0.15, 0.2) is 5.82 Å². The maximum atomic E-state index is 13.5. The number of cyclic esters (lactones) is 1. The highest BCUT2D eigenvalue weighted by atomic mass is 16.6. The van der Waals surface area contributed by atoms with Crippen molar-refractivity contribution in [1.29, 1.82) is 0 Å². The Hall–Kier alpha value is -3.49. The van der Waals surface area contributed by atoms with Gasteiger partial charge in [-0.25, -0.2) is 14.3 Å². The summed E-state index contributed by atoms with van der Waals surface area (Å²) in [6.45, 7) is 8.64. The normalized spacial score (nSPS) is 20.2. The molecule has 9 heteroatoms. The number of ether oxygens (including phenoxy) is 2. The van der Waals surface area contributed by atoms with E-state index < -0.39 is 11.6 Å². The van der Waals surface area contributed by atoms with Gasteiger partial charge in [-0.2, -0.15) is 4.98 Å². The molecule has 5 rings (SSSR count). The minimum atomic E-state index is -0.750. The number of nitrogens with zero attached hydrogens (tertiary/aromatic N) is 5. The number of rotatable bonds is 10. The lowest BCUT2D eigenvalue weighted by Gasteiger charge is -2.42. The number of aliphatic hydroxyl groups is 1. The molecule has 3 aromatic heterocycles. The zero-order valence-corrected chi connectivity index (χ0v) is 23.5. The van der Waals surface area contributed by atoms with Crippen molar-refractivity contribution in [2.45, 2.75) is 97.5 Å². The summed E-state index contributed by atoms with van der Waals surface area (Å²) in [4.78, 5) is 26.9. The first-order valence-electron chi connectivity index (χ1n) is 14.3. The molecule has 0 amide bonds. The van der Waals surface area contributed by atoms with Gasteiger partial charge in [-0.3, -0.25) is 4.98 Å².